The second kappa shape index (κ2) is 5.14. The lowest BCUT2D eigenvalue weighted by Gasteiger charge is -2.37. The molecule has 4 rings (SSSR count). The van der Waals surface area contributed by atoms with Crippen molar-refractivity contribution in [2.45, 2.75) is 11.9 Å². The number of para-hydroxylation sites is 1. The molecule has 1 aromatic heterocycles. The molecular formula is C16H15N3O2S. The highest BCUT2D eigenvalue weighted by atomic mass is 32.2. The molecular weight excluding hydrogens is 298 g/mol. The maximum Gasteiger partial charge on any atom is 0.258 e. The van der Waals surface area contributed by atoms with Crippen LogP contribution in [0.2, 0.25) is 0 Å². The van der Waals surface area contributed by atoms with Crippen molar-refractivity contribution in [1.29, 1.82) is 0 Å². The molecule has 1 unspecified atom stereocenters. The first-order valence-corrected chi connectivity index (χ1v) is 8.05. The summed E-state index contributed by atoms with van der Waals surface area (Å²) in [6.07, 6.45) is 5.85. The van der Waals surface area contributed by atoms with Crippen LogP contribution < -0.4 is 0 Å². The number of aliphatic hydroxyl groups is 1. The molecule has 1 amide bonds. The Morgan fingerprint density at radius 3 is 3.09 bits per heavy atom. The number of rotatable bonds is 3. The third-order valence-corrected chi connectivity index (χ3v) is 5.03. The molecule has 0 bridgehead atoms. The summed E-state index contributed by atoms with van der Waals surface area (Å²) < 4.78 is 0. The van der Waals surface area contributed by atoms with Crippen LogP contribution in [0.3, 0.4) is 0 Å². The Morgan fingerprint density at radius 2 is 2.18 bits per heavy atom. The van der Waals surface area contributed by atoms with Crippen LogP contribution in [0.4, 0.5) is 0 Å². The number of carbonyl (C=O) groups is 1. The van der Waals surface area contributed by atoms with Gasteiger partial charge >= 0.3 is 0 Å². The normalized spacial score (nSPS) is 20.6. The Kier molecular flexibility index (Phi) is 3.11. The molecule has 0 spiro atoms. The fourth-order valence-corrected chi connectivity index (χ4v) is 3.91. The number of carbonyl (C=O) groups excluding carboxylic acids is 1. The summed E-state index contributed by atoms with van der Waals surface area (Å²) in [6.45, 7) is 0.646. The molecule has 5 nitrogen and oxygen atoms in total. The number of nitrogens with one attached hydrogen (secondary N) is 1. The highest BCUT2D eigenvalue weighted by Crippen LogP contribution is 2.33. The Labute approximate surface area is 131 Å². The molecule has 0 fully saturated rings. The quantitative estimate of drug-likeness (QED) is 0.915. The van der Waals surface area contributed by atoms with Crippen LogP contribution in [0.5, 0.6) is 0 Å². The largest absolute Gasteiger partial charge is 0.494 e. The number of nitrogens with zero attached hydrogens (tertiary/aromatic N) is 2. The molecule has 3 heterocycles. The standard InChI is InChI=1S/C16H15N3O2S/c20-14-9-15(21)19-7-8-22-16(19)18(14)6-5-11-10-17-13-4-2-1-3-12(11)13/h1-4,7-10,16-17,20H,5-6H2. The average molecular weight is 313 g/mol. The van der Waals surface area contributed by atoms with Gasteiger partial charge in [0, 0.05) is 29.8 Å². The van der Waals surface area contributed by atoms with E-state index in [0.717, 1.165) is 11.9 Å². The van der Waals surface area contributed by atoms with Crippen LogP contribution in [0.15, 0.2) is 54.0 Å². The number of H-pyrrole nitrogens is 1. The summed E-state index contributed by atoms with van der Waals surface area (Å²) in [6, 6.07) is 8.17. The van der Waals surface area contributed by atoms with Gasteiger partial charge in [0.25, 0.3) is 5.91 Å². The van der Waals surface area contributed by atoms with Crippen LogP contribution in [0.1, 0.15) is 5.56 Å². The number of benzene rings is 1. The Hall–Kier alpha value is -2.34. The van der Waals surface area contributed by atoms with Crippen molar-refractivity contribution in [3.8, 4) is 0 Å². The fourth-order valence-electron chi connectivity index (χ4n) is 2.90. The molecule has 2 aliphatic heterocycles. The second-order valence-electron chi connectivity index (χ2n) is 5.30. The lowest BCUT2D eigenvalue weighted by Crippen LogP contribution is -2.48. The SMILES string of the molecule is O=C1C=C(O)N(CCc2c[nH]c3ccccc23)C2SC=CN12. The van der Waals surface area contributed by atoms with E-state index < -0.39 is 0 Å². The fraction of sp³-hybridized carbons (Fsp3) is 0.188. The van der Waals surface area contributed by atoms with Crippen molar-refractivity contribution in [2.24, 2.45) is 0 Å². The zero-order chi connectivity index (χ0) is 15.1. The second-order valence-corrected chi connectivity index (χ2v) is 6.26. The van der Waals surface area contributed by atoms with E-state index in [-0.39, 0.29) is 17.3 Å². The number of thioether (sulfide) groups is 1. The number of fused-ring (bicyclic) bond motifs is 2. The van der Waals surface area contributed by atoms with Crippen LogP contribution in [0, 0.1) is 0 Å². The van der Waals surface area contributed by atoms with Crippen molar-refractivity contribution in [1.82, 2.24) is 14.8 Å². The summed E-state index contributed by atoms with van der Waals surface area (Å²) in [5.41, 5.74) is 2.15. The maximum atomic E-state index is 11.8. The summed E-state index contributed by atoms with van der Waals surface area (Å²) in [7, 11) is 0. The molecule has 0 saturated heterocycles. The van der Waals surface area contributed by atoms with E-state index in [0.29, 0.717) is 6.54 Å². The minimum Gasteiger partial charge on any atom is -0.494 e. The maximum absolute atomic E-state index is 11.8. The molecule has 6 heteroatoms. The van der Waals surface area contributed by atoms with Gasteiger partial charge in [0.05, 0.1) is 6.08 Å². The molecule has 2 N–H and O–H groups in total. The Balaban J connectivity index is 1.56. The van der Waals surface area contributed by atoms with Gasteiger partial charge in [-0.2, -0.15) is 0 Å². The lowest BCUT2D eigenvalue weighted by molar-refractivity contribution is -0.128. The Morgan fingerprint density at radius 1 is 1.32 bits per heavy atom. The first-order valence-electron chi connectivity index (χ1n) is 7.11. The first-order chi connectivity index (χ1) is 10.7. The van der Waals surface area contributed by atoms with Gasteiger partial charge in [-0.25, -0.2) is 0 Å². The monoisotopic (exact) mass is 313 g/mol. The van der Waals surface area contributed by atoms with E-state index in [9.17, 15) is 9.90 Å². The van der Waals surface area contributed by atoms with Gasteiger partial charge in [-0.3, -0.25) is 9.69 Å². The minimum atomic E-state index is -0.178. The number of hydrogen-bond donors (Lipinski definition) is 2. The summed E-state index contributed by atoms with van der Waals surface area (Å²) in [5.74, 6) is -0.130. The first kappa shape index (κ1) is 13.3. The van der Waals surface area contributed by atoms with Gasteiger partial charge in [-0.05, 0) is 23.5 Å². The number of aliphatic hydroxyl groups excluding tert-OH is 1. The lowest BCUT2D eigenvalue weighted by atomic mass is 10.1. The molecule has 1 aromatic carbocycles. The van der Waals surface area contributed by atoms with Gasteiger partial charge in [0.1, 0.15) is 0 Å². The zero-order valence-electron chi connectivity index (χ0n) is 11.8. The Bertz CT molecular complexity index is 796. The number of amides is 1. The van der Waals surface area contributed by atoms with Crippen LogP contribution in [0.25, 0.3) is 10.9 Å². The van der Waals surface area contributed by atoms with Gasteiger partial charge in [0.2, 0.25) is 0 Å². The van der Waals surface area contributed by atoms with Crippen molar-refractivity contribution in [3.63, 3.8) is 0 Å². The van der Waals surface area contributed by atoms with Crippen LogP contribution in [-0.4, -0.2) is 37.8 Å². The summed E-state index contributed by atoms with van der Waals surface area (Å²) in [4.78, 5) is 18.6. The summed E-state index contributed by atoms with van der Waals surface area (Å²) >= 11 is 1.52. The smallest absolute Gasteiger partial charge is 0.258 e. The molecule has 2 aliphatic rings. The molecule has 2 aromatic rings. The van der Waals surface area contributed by atoms with Gasteiger partial charge in [0.15, 0.2) is 11.4 Å². The number of hydrogen-bond acceptors (Lipinski definition) is 4. The average Bonchev–Trinajstić information content (AvgIpc) is 3.14. The number of aromatic amines is 1. The van der Waals surface area contributed by atoms with Crippen molar-refractivity contribution >= 4 is 28.6 Å². The molecule has 1 atom stereocenters. The van der Waals surface area contributed by atoms with E-state index in [2.05, 4.69) is 11.1 Å². The van der Waals surface area contributed by atoms with Crippen LogP contribution >= 0.6 is 11.8 Å². The van der Waals surface area contributed by atoms with E-state index in [1.165, 1.54) is 28.8 Å². The predicted molar refractivity (Wildman–Crippen MR) is 86.8 cm³/mol. The van der Waals surface area contributed by atoms with E-state index in [1.54, 1.807) is 11.1 Å². The van der Waals surface area contributed by atoms with Crippen molar-refractivity contribution in [2.75, 3.05) is 6.54 Å². The molecule has 0 aliphatic carbocycles. The minimum absolute atomic E-state index is 0.0438. The van der Waals surface area contributed by atoms with Crippen LogP contribution in [-0.2, 0) is 11.2 Å². The molecule has 0 saturated carbocycles. The number of aromatic nitrogens is 1. The summed E-state index contributed by atoms with van der Waals surface area (Å²) in [5, 5.41) is 13.2. The van der Waals surface area contributed by atoms with Gasteiger partial charge in [-0.1, -0.05) is 30.0 Å². The predicted octanol–water partition coefficient (Wildman–Crippen LogP) is 2.76. The highest BCUT2D eigenvalue weighted by molar-refractivity contribution is 8.02. The molecule has 0 radical (unpaired) electrons. The highest BCUT2D eigenvalue weighted by Gasteiger charge is 2.35. The third kappa shape index (κ3) is 2.07. The van der Waals surface area contributed by atoms with Gasteiger partial charge < -0.3 is 15.0 Å². The molecule has 22 heavy (non-hydrogen) atoms. The molecule has 112 valence electrons. The van der Waals surface area contributed by atoms with E-state index >= 15 is 0 Å². The van der Waals surface area contributed by atoms with Gasteiger partial charge in [-0.15, -0.1) is 0 Å². The zero-order valence-corrected chi connectivity index (χ0v) is 12.6. The van der Waals surface area contributed by atoms with Crippen molar-refractivity contribution in [3.05, 3.63) is 59.6 Å². The van der Waals surface area contributed by atoms with E-state index in [4.69, 9.17) is 0 Å². The van der Waals surface area contributed by atoms with E-state index in [1.807, 2.05) is 34.7 Å². The van der Waals surface area contributed by atoms with Crippen molar-refractivity contribution < 1.29 is 9.90 Å². The topological polar surface area (TPSA) is 59.6 Å². The third-order valence-electron chi connectivity index (χ3n) is 4.02.